The van der Waals surface area contributed by atoms with Crippen LogP contribution < -0.4 is 16.0 Å². The topological polar surface area (TPSA) is 115 Å². The molecule has 0 spiro atoms. The lowest BCUT2D eigenvalue weighted by atomic mass is 10.1. The lowest BCUT2D eigenvalue weighted by Gasteiger charge is -2.32. The van der Waals surface area contributed by atoms with Gasteiger partial charge in [0.2, 0.25) is 5.91 Å². The van der Waals surface area contributed by atoms with E-state index < -0.39 is 0 Å². The summed E-state index contributed by atoms with van der Waals surface area (Å²) in [6, 6.07) is -0.163. The normalized spacial score (nSPS) is 18.3. The van der Waals surface area contributed by atoms with Crippen LogP contribution in [0.1, 0.15) is 19.8 Å². The maximum atomic E-state index is 11.5. The van der Waals surface area contributed by atoms with Crippen molar-refractivity contribution in [3.63, 3.8) is 0 Å². The van der Waals surface area contributed by atoms with Crippen LogP contribution in [0.15, 0.2) is 4.99 Å². The third-order valence-electron chi connectivity index (χ3n) is 4.14. The third-order valence-corrected chi connectivity index (χ3v) is 4.14. The highest BCUT2D eigenvalue weighted by Gasteiger charge is 2.28. The second-order valence-electron chi connectivity index (χ2n) is 5.84. The van der Waals surface area contributed by atoms with Crippen LogP contribution in [0.4, 0.5) is 9.59 Å². The number of ether oxygens (including phenoxy) is 1. The van der Waals surface area contributed by atoms with E-state index in [4.69, 9.17) is 4.74 Å². The van der Waals surface area contributed by atoms with Crippen molar-refractivity contribution in [1.29, 1.82) is 0 Å². The number of imide groups is 1. The maximum absolute atomic E-state index is 11.5. The van der Waals surface area contributed by atoms with Crippen molar-refractivity contribution >= 4 is 48.0 Å². The third kappa shape index (κ3) is 6.18. The standard InChI is InChI=1S/C15H26N6O4.HI/c1-3-16-13(17-6-9-21-12(22)10-18-14(21)23)19-11-4-7-20(8-5-11)15(24)25-2;/h11H,3-10H2,1-2H3,(H,18,23)(H2,16,17,19);1H. The lowest BCUT2D eigenvalue weighted by molar-refractivity contribution is -0.124. The van der Waals surface area contributed by atoms with Crippen molar-refractivity contribution in [2.75, 3.05) is 46.4 Å². The zero-order chi connectivity index (χ0) is 18.2. The first kappa shape index (κ1) is 22.3. The summed E-state index contributed by atoms with van der Waals surface area (Å²) in [7, 11) is 1.38. The van der Waals surface area contributed by atoms with Crippen LogP contribution >= 0.6 is 24.0 Å². The molecule has 0 aromatic carbocycles. The highest BCUT2D eigenvalue weighted by molar-refractivity contribution is 14.0. The fourth-order valence-corrected chi connectivity index (χ4v) is 2.79. The summed E-state index contributed by atoms with van der Waals surface area (Å²) in [5.74, 6) is 0.416. The highest BCUT2D eigenvalue weighted by atomic mass is 127. The van der Waals surface area contributed by atoms with Gasteiger partial charge in [0.15, 0.2) is 5.96 Å². The number of methoxy groups -OCH3 is 1. The average molecular weight is 482 g/mol. The number of rotatable bonds is 5. The zero-order valence-corrected chi connectivity index (χ0v) is 17.4. The predicted molar refractivity (Wildman–Crippen MR) is 107 cm³/mol. The summed E-state index contributed by atoms with van der Waals surface area (Å²) >= 11 is 0. The van der Waals surface area contributed by atoms with Gasteiger partial charge < -0.3 is 25.6 Å². The fraction of sp³-hybridized carbons (Fsp3) is 0.733. The molecule has 10 nitrogen and oxygen atoms in total. The molecule has 2 saturated heterocycles. The van der Waals surface area contributed by atoms with Gasteiger partial charge >= 0.3 is 12.1 Å². The van der Waals surface area contributed by atoms with E-state index in [1.54, 1.807) is 4.90 Å². The number of carbonyl (C=O) groups is 3. The van der Waals surface area contributed by atoms with Crippen molar-refractivity contribution in [3.8, 4) is 0 Å². The number of nitrogens with zero attached hydrogens (tertiary/aromatic N) is 3. The summed E-state index contributed by atoms with van der Waals surface area (Å²) in [5, 5.41) is 8.97. The molecule has 0 saturated carbocycles. The Morgan fingerprint density at radius 2 is 2.04 bits per heavy atom. The first-order chi connectivity index (χ1) is 12.0. The van der Waals surface area contributed by atoms with Gasteiger partial charge in [-0.1, -0.05) is 0 Å². The van der Waals surface area contributed by atoms with Gasteiger partial charge in [-0.3, -0.25) is 14.7 Å². The number of nitrogens with one attached hydrogen (secondary N) is 3. The van der Waals surface area contributed by atoms with Crippen molar-refractivity contribution in [1.82, 2.24) is 25.8 Å². The fourth-order valence-electron chi connectivity index (χ4n) is 2.79. The summed E-state index contributed by atoms with van der Waals surface area (Å²) in [6.07, 6.45) is 1.30. The smallest absolute Gasteiger partial charge is 0.409 e. The lowest BCUT2D eigenvalue weighted by Crippen LogP contribution is -2.50. The summed E-state index contributed by atoms with van der Waals surface area (Å²) in [5.41, 5.74) is 0. The second-order valence-corrected chi connectivity index (χ2v) is 5.84. The van der Waals surface area contributed by atoms with E-state index >= 15 is 0 Å². The van der Waals surface area contributed by atoms with Gasteiger partial charge in [0.1, 0.15) is 0 Å². The molecule has 2 heterocycles. The largest absolute Gasteiger partial charge is 0.453 e. The van der Waals surface area contributed by atoms with E-state index in [-0.39, 0.29) is 61.1 Å². The quantitative estimate of drug-likeness (QED) is 0.219. The molecule has 3 N–H and O–H groups in total. The molecule has 0 aliphatic carbocycles. The van der Waals surface area contributed by atoms with E-state index in [1.165, 1.54) is 12.0 Å². The molecular formula is C15H27IN6O4. The number of guanidine groups is 1. The maximum Gasteiger partial charge on any atom is 0.409 e. The molecule has 0 aromatic rings. The summed E-state index contributed by atoms with van der Waals surface area (Å²) < 4.78 is 4.73. The number of piperidine rings is 1. The Balaban J connectivity index is 0.00000338. The van der Waals surface area contributed by atoms with E-state index in [2.05, 4.69) is 20.9 Å². The van der Waals surface area contributed by atoms with Gasteiger partial charge in [0, 0.05) is 25.7 Å². The number of aliphatic imine (C=N–C) groups is 1. The van der Waals surface area contributed by atoms with Gasteiger partial charge in [0.05, 0.1) is 26.7 Å². The van der Waals surface area contributed by atoms with Gasteiger partial charge in [-0.05, 0) is 19.8 Å². The molecule has 0 unspecified atom stereocenters. The molecule has 26 heavy (non-hydrogen) atoms. The number of hydrogen-bond acceptors (Lipinski definition) is 5. The molecule has 2 aliphatic heterocycles. The van der Waals surface area contributed by atoms with Crippen LogP contribution in [0.5, 0.6) is 0 Å². The van der Waals surface area contributed by atoms with Crippen LogP contribution in [-0.2, 0) is 9.53 Å². The van der Waals surface area contributed by atoms with Gasteiger partial charge in [-0.15, -0.1) is 24.0 Å². The van der Waals surface area contributed by atoms with Crippen LogP contribution in [-0.4, -0.2) is 86.2 Å². The number of urea groups is 1. The number of carbonyl (C=O) groups excluding carboxylic acids is 3. The summed E-state index contributed by atoms with van der Waals surface area (Å²) in [4.78, 5) is 41.8. The van der Waals surface area contributed by atoms with Crippen LogP contribution in [0, 0.1) is 0 Å². The first-order valence-corrected chi connectivity index (χ1v) is 8.51. The van der Waals surface area contributed by atoms with Crippen molar-refractivity contribution < 1.29 is 19.1 Å². The van der Waals surface area contributed by atoms with E-state index in [0.717, 1.165) is 12.8 Å². The predicted octanol–water partition coefficient (Wildman–Crippen LogP) is -0.0579. The minimum atomic E-state index is -0.367. The number of hydrogen-bond donors (Lipinski definition) is 3. The van der Waals surface area contributed by atoms with Crippen molar-refractivity contribution in [2.45, 2.75) is 25.8 Å². The molecule has 0 aromatic heterocycles. The molecule has 2 aliphatic rings. The SMILES string of the molecule is CCNC(=NCCN1C(=O)CNC1=O)NC1CCN(C(=O)OC)CC1.I. The van der Waals surface area contributed by atoms with Gasteiger partial charge in [0.25, 0.3) is 0 Å². The minimum absolute atomic E-state index is 0. The Labute approximate surface area is 170 Å². The number of amides is 4. The van der Waals surface area contributed by atoms with E-state index in [9.17, 15) is 14.4 Å². The Kier molecular flexibility index (Phi) is 9.44. The monoisotopic (exact) mass is 482 g/mol. The van der Waals surface area contributed by atoms with Crippen LogP contribution in [0.3, 0.4) is 0 Å². The van der Waals surface area contributed by atoms with Crippen molar-refractivity contribution in [3.05, 3.63) is 0 Å². The Bertz CT molecular complexity index is 520. The zero-order valence-electron chi connectivity index (χ0n) is 15.1. The molecule has 148 valence electrons. The molecule has 4 amide bonds. The van der Waals surface area contributed by atoms with Gasteiger partial charge in [-0.2, -0.15) is 0 Å². The summed E-state index contributed by atoms with van der Waals surface area (Å²) in [6.45, 7) is 4.57. The van der Waals surface area contributed by atoms with Crippen LogP contribution in [0.25, 0.3) is 0 Å². The molecule has 2 rings (SSSR count). The highest BCUT2D eigenvalue weighted by Crippen LogP contribution is 2.11. The molecule has 0 atom stereocenters. The molecule has 0 bridgehead atoms. The average Bonchev–Trinajstić information content (AvgIpc) is 2.93. The Morgan fingerprint density at radius 1 is 1.35 bits per heavy atom. The Hall–Kier alpha value is -1.79. The minimum Gasteiger partial charge on any atom is -0.453 e. The van der Waals surface area contributed by atoms with Crippen LogP contribution in [0.2, 0.25) is 0 Å². The number of likely N-dealkylation sites (tertiary alicyclic amines) is 1. The van der Waals surface area contributed by atoms with E-state index in [1.807, 2.05) is 6.92 Å². The molecule has 2 fully saturated rings. The van der Waals surface area contributed by atoms with Crippen molar-refractivity contribution in [2.24, 2.45) is 4.99 Å². The van der Waals surface area contributed by atoms with Gasteiger partial charge in [-0.25, -0.2) is 9.59 Å². The van der Waals surface area contributed by atoms with E-state index in [0.29, 0.717) is 32.1 Å². The molecule has 0 radical (unpaired) electrons. The second kappa shape index (κ2) is 11.0. The molecular weight excluding hydrogens is 455 g/mol. The molecule has 11 heteroatoms. The Morgan fingerprint density at radius 3 is 2.58 bits per heavy atom. The first-order valence-electron chi connectivity index (χ1n) is 8.51. The number of halogens is 1.